The fraction of sp³-hybridized carbons (Fsp3) is 0.533. The maximum Gasteiger partial charge on any atom is 0.257 e. The van der Waals surface area contributed by atoms with Gasteiger partial charge in [-0.3, -0.25) is 9.69 Å². The summed E-state index contributed by atoms with van der Waals surface area (Å²) >= 11 is 0. The minimum atomic E-state index is -0.825. The second-order valence-electron chi connectivity index (χ2n) is 5.16. The number of morpholine rings is 1. The fourth-order valence-corrected chi connectivity index (χ4v) is 2.20. The van der Waals surface area contributed by atoms with Crippen LogP contribution in [0.1, 0.15) is 6.92 Å². The summed E-state index contributed by atoms with van der Waals surface area (Å²) in [5, 5.41) is 2.74. The molecule has 1 atom stereocenters. The second-order valence-corrected chi connectivity index (χ2v) is 5.16. The van der Waals surface area contributed by atoms with Crippen LogP contribution in [0.4, 0.5) is 8.78 Å². The summed E-state index contributed by atoms with van der Waals surface area (Å²) in [5.41, 5.74) is 0. The zero-order valence-electron chi connectivity index (χ0n) is 12.5. The molecule has 1 aliphatic heterocycles. The van der Waals surface area contributed by atoms with E-state index >= 15 is 0 Å². The molecule has 1 amide bonds. The molecule has 1 N–H and O–H groups in total. The average molecular weight is 314 g/mol. The third-order valence-corrected chi connectivity index (χ3v) is 3.52. The van der Waals surface area contributed by atoms with E-state index in [9.17, 15) is 13.6 Å². The number of hydrogen-bond donors (Lipinski definition) is 1. The van der Waals surface area contributed by atoms with E-state index in [2.05, 4.69) is 10.2 Å². The van der Waals surface area contributed by atoms with Crippen LogP contribution in [0.25, 0.3) is 0 Å². The van der Waals surface area contributed by atoms with Gasteiger partial charge in [-0.1, -0.05) is 0 Å². The lowest BCUT2D eigenvalue weighted by atomic mass is 10.2. The Morgan fingerprint density at radius 2 is 2.14 bits per heavy atom. The van der Waals surface area contributed by atoms with E-state index in [4.69, 9.17) is 9.47 Å². The molecule has 122 valence electrons. The molecule has 1 heterocycles. The van der Waals surface area contributed by atoms with Crippen molar-refractivity contribution in [2.24, 2.45) is 0 Å². The van der Waals surface area contributed by atoms with Gasteiger partial charge in [0.1, 0.15) is 5.82 Å². The van der Waals surface area contributed by atoms with Gasteiger partial charge in [-0.25, -0.2) is 8.78 Å². The zero-order chi connectivity index (χ0) is 15.9. The monoisotopic (exact) mass is 314 g/mol. The Kier molecular flexibility index (Phi) is 6.09. The summed E-state index contributed by atoms with van der Waals surface area (Å²) in [6.07, 6.45) is 0. The van der Waals surface area contributed by atoms with Gasteiger partial charge in [0, 0.05) is 31.7 Å². The SMILES string of the molecule is C[C@H](CNC(=O)COc1ccc(F)cc1F)N1CCOCC1. The van der Waals surface area contributed by atoms with Gasteiger partial charge in [-0.15, -0.1) is 0 Å². The molecule has 0 aromatic heterocycles. The third-order valence-electron chi connectivity index (χ3n) is 3.52. The standard InChI is InChI=1S/C15H20F2N2O3/c1-11(19-4-6-21-7-5-19)9-18-15(20)10-22-14-3-2-12(16)8-13(14)17/h2-3,8,11H,4-7,9-10H2,1H3,(H,18,20)/t11-/m1/s1. The van der Waals surface area contributed by atoms with Gasteiger partial charge in [-0.2, -0.15) is 0 Å². The molecule has 0 radical (unpaired) electrons. The quantitative estimate of drug-likeness (QED) is 0.857. The molecule has 5 nitrogen and oxygen atoms in total. The number of halogens is 2. The van der Waals surface area contributed by atoms with Gasteiger partial charge < -0.3 is 14.8 Å². The van der Waals surface area contributed by atoms with Gasteiger partial charge in [0.05, 0.1) is 13.2 Å². The van der Waals surface area contributed by atoms with E-state index in [0.717, 1.165) is 25.2 Å². The summed E-state index contributed by atoms with van der Waals surface area (Å²) in [5.74, 6) is -2.00. The first-order valence-corrected chi connectivity index (χ1v) is 7.22. The Balaban J connectivity index is 1.71. The molecule has 1 aliphatic rings. The predicted molar refractivity (Wildman–Crippen MR) is 76.7 cm³/mol. The third kappa shape index (κ3) is 4.92. The summed E-state index contributed by atoms with van der Waals surface area (Å²) in [6.45, 7) is 5.28. The number of carbonyl (C=O) groups excluding carboxylic acids is 1. The van der Waals surface area contributed by atoms with E-state index < -0.39 is 11.6 Å². The Bertz CT molecular complexity index is 508. The molecule has 0 saturated carbocycles. The smallest absolute Gasteiger partial charge is 0.257 e. The highest BCUT2D eigenvalue weighted by molar-refractivity contribution is 5.77. The van der Waals surface area contributed by atoms with Crippen molar-refractivity contribution in [3.8, 4) is 5.75 Å². The van der Waals surface area contributed by atoms with Gasteiger partial charge in [0.15, 0.2) is 18.2 Å². The molecular formula is C15H20F2N2O3. The number of nitrogens with zero attached hydrogens (tertiary/aromatic N) is 1. The summed E-state index contributed by atoms with van der Waals surface area (Å²) in [7, 11) is 0. The second kappa shape index (κ2) is 8.05. The molecule has 0 spiro atoms. The number of carbonyl (C=O) groups is 1. The minimum absolute atomic E-state index is 0.141. The minimum Gasteiger partial charge on any atom is -0.481 e. The normalized spacial score (nSPS) is 17.0. The number of nitrogens with one attached hydrogen (secondary N) is 1. The van der Waals surface area contributed by atoms with Crippen LogP contribution >= 0.6 is 0 Å². The largest absolute Gasteiger partial charge is 0.481 e. The molecule has 0 unspecified atom stereocenters. The average Bonchev–Trinajstić information content (AvgIpc) is 2.52. The molecule has 1 aromatic rings. The topological polar surface area (TPSA) is 50.8 Å². The van der Waals surface area contributed by atoms with Crippen molar-refractivity contribution in [3.63, 3.8) is 0 Å². The van der Waals surface area contributed by atoms with Gasteiger partial charge in [-0.05, 0) is 19.1 Å². The van der Waals surface area contributed by atoms with Crippen LogP contribution in [-0.2, 0) is 9.53 Å². The zero-order valence-corrected chi connectivity index (χ0v) is 12.5. The van der Waals surface area contributed by atoms with Crippen molar-refractivity contribution in [1.29, 1.82) is 0 Å². The highest BCUT2D eigenvalue weighted by Crippen LogP contribution is 2.17. The van der Waals surface area contributed by atoms with Gasteiger partial charge >= 0.3 is 0 Å². The van der Waals surface area contributed by atoms with Gasteiger partial charge in [0.2, 0.25) is 0 Å². The molecule has 7 heteroatoms. The molecule has 0 aliphatic carbocycles. The van der Waals surface area contributed by atoms with Crippen molar-refractivity contribution < 1.29 is 23.0 Å². The number of ether oxygens (including phenoxy) is 2. The molecule has 1 aromatic carbocycles. The van der Waals surface area contributed by atoms with Crippen molar-refractivity contribution in [2.75, 3.05) is 39.5 Å². The van der Waals surface area contributed by atoms with Crippen molar-refractivity contribution in [2.45, 2.75) is 13.0 Å². The molecule has 1 fully saturated rings. The number of rotatable bonds is 6. The number of hydrogen-bond acceptors (Lipinski definition) is 4. The predicted octanol–water partition coefficient (Wildman–Crippen LogP) is 1.18. The van der Waals surface area contributed by atoms with Crippen LogP contribution in [0.5, 0.6) is 5.75 Å². The maximum atomic E-state index is 13.3. The highest BCUT2D eigenvalue weighted by Gasteiger charge is 2.17. The Morgan fingerprint density at radius 3 is 2.82 bits per heavy atom. The fourth-order valence-electron chi connectivity index (χ4n) is 2.20. The first-order chi connectivity index (χ1) is 10.6. The lowest BCUT2D eigenvalue weighted by Gasteiger charge is -2.32. The molecule has 1 saturated heterocycles. The van der Waals surface area contributed by atoms with E-state index in [1.54, 1.807) is 0 Å². The van der Waals surface area contributed by atoms with Crippen LogP contribution in [0.2, 0.25) is 0 Å². The summed E-state index contributed by atoms with van der Waals surface area (Å²) in [6, 6.07) is 3.15. The van der Waals surface area contributed by atoms with Crippen LogP contribution < -0.4 is 10.1 Å². The molecule has 2 rings (SSSR count). The molecule has 22 heavy (non-hydrogen) atoms. The Hall–Kier alpha value is -1.73. The van der Waals surface area contributed by atoms with Crippen LogP contribution in [0, 0.1) is 11.6 Å². The highest BCUT2D eigenvalue weighted by atomic mass is 19.1. The van der Waals surface area contributed by atoms with Gasteiger partial charge in [0.25, 0.3) is 5.91 Å². The summed E-state index contributed by atoms with van der Waals surface area (Å²) in [4.78, 5) is 13.9. The summed E-state index contributed by atoms with van der Waals surface area (Å²) < 4.78 is 36.4. The van der Waals surface area contributed by atoms with Crippen LogP contribution in [0.3, 0.4) is 0 Å². The van der Waals surface area contributed by atoms with Crippen LogP contribution in [0.15, 0.2) is 18.2 Å². The molecule has 0 bridgehead atoms. The Labute approximate surface area is 128 Å². The van der Waals surface area contributed by atoms with E-state index in [1.807, 2.05) is 6.92 Å². The maximum absolute atomic E-state index is 13.3. The van der Waals surface area contributed by atoms with E-state index in [1.165, 1.54) is 0 Å². The number of benzene rings is 1. The van der Waals surface area contributed by atoms with Crippen molar-refractivity contribution in [3.05, 3.63) is 29.8 Å². The molecular weight excluding hydrogens is 294 g/mol. The van der Waals surface area contributed by atoms with Crippen molar-refractivity contribution in [1.82, 2.24) is 10.2 Å². The van der Waals surface area contributed by atoms with E-state index in [-0.39, 0.29) is 24.3 Å². The Morgan fingerprint density at radius 1 is 1.41 bits per heavy atom. The first kappa shape index (κ1) is 16.6. The van der Waals surface area contributed by atoms with Crippen LogP contribution in [-0.4, -0.2) is 56.3 Å². The lowest BCUT2D eigenvalue weighted by molar-refractivity contribution is -0.123. The van der Waals surface area contributed by atoms with E-state index in [0.29, 0.717) is 25.8 Å². The first-order valence-electron chi connectivity index (χ1n) is 7.22. The number of amides is 1. The van der Waals surface area contributed by atoms with Crippen molar-refractivity contribution >= 4 is 5.91 Å². The lowest BCUT2D eigenvalue weighted by Crippen LogP contribution is -2.47.